The van der Waals surface area contributed by atoms with Crippen molar-refractivity contribution in [2.45, 2.75) is 19.3 Å². The van der Waals surface area contributed by atoms with Crippen LogP contribution >= 0.6 is 46.9 Å². The van der Waals surface area contributed by atoms with E-state index >= 15 is 0 Å². The maximum absolute atomic E-state index is 12.7. The summed E-state index contributed by atoms with van der Waals surface area (Å²) in [6.07, 6.45) is 8.86. The molecule has 1 aromatic heterocycles. The van der Waals surface area contributed by atoms with Crippen LogP contribution in [0.3, 0.4) is 0 Å². The van der Waals surface area contributed by atoms with Gasteiger partial charge in [0.05, 0.1) is 4.91 Å². The Morgan fingerprint density at radius 3 is 2.69 bits per heavy atom. The molecule has 1 saturated heterocycles. The van der Waals surface area contributed by atoms with Gasteiger partial charge in [0, 0.05) is 35.5 Å². The zero-order valence-corrected chi connectivity index (χ0v) is 21.9. The summed E-state index contributed by atoms with van der Waals surface area (Å²) < 4.78 is 0.515. The predicted octanol–water partition coefficient (Wildman–Crippen LogP) is 6.56. The van der Waals surface area contributed by atoms with E-state index in [-0.39, 0.29) is 18.2 Å². The van der Waals surface area contributed by atoms with Crippen LogP contribution in [0.25, 0.3) is 6.08 Å². The quantitative estimate of drug-likeness (QED) is 0.246. The van der Waals surface area contributed by atoms with E-state index in [0.717, 1.165) is 22.4 Å². The number of rotatable bonds is 9. The molecule has 0 unspecified atom stereocenters. The van der Waals surface area contributed by atoms with Gasteiger partial charge in [-0.15, -0.1) is 11.3 Å². The molecule has 0 radical (unpaired) electrons. The molecule has 9 heteroatoms. The molecule has 0 atom stereocenters. The van der Waals surface area contributed by atoms with E-state index in [9.17, 15) is 9.59 Å². The van der Waals surface area contributed by atoms with Gasteiger partial charge < -0.3 is 5.32 Å². The van der Waals surface area contributed by atoms with Crippen molar-refractivity contribution in [1.29, 1.82) is 0 Å². The molecule has 1 fully saturated rings. The van der Waals surface area contributed by atoms with E-state index in [2.05, 4.69) is 10.3 Å². The fourth-order valence-corrected chi connectivity index (χ4v) is 5.60. The van der Waals surface area contributed by atoms with Gasteiger partial charge in [-0.25, -0.2) is 4.98 Å². The highest BCUT2D eigenvalue weighted by Crippen LogP contribution is 2.31. The Balaban J connectivity index is 1.22. The van der Waals surface area contributed by atoms with Crippen molar-refractivity contribution in [1.82, 2.24) is 9.88 Å². The average Bonchev–Trinajstić information content (AvgIpc) is 3.39. The lowest BCUT2D eigenvalue weighted by Gasteiger charge is -2.13. The van der Waals surface area contributed by atoms with Crippen LogP contribution in [0.1, 0.15) is 28.8 Å². The number of carbonyl (C=O) groups is 2. The number of thiocarbonyl (C=S) groups is 1. The molecule has 2 aromatic carbocycles. The van der Waals surface area contributed by atoms with Crippen molar-refractivity contribution < 1.29 is 9.59 Å². The van der Waals surface area contributed by atoms with Gasteiger partial charge in [0.1, 0.15) is 4.32 Å². The molecule has 178 valence electrons. The Labute approximate surface area is 222 Å². The zero-order valence-electron chi connectivity index (χ0n) is 18.6. The second-order valence-electron chi connectivity index (χ2n) is 7.71. The van der Waals surface area contributed by atoms with E-state index in [1.165, 1.54) is 23.1 Å². The lowest BCUT2D eigenvalue weighted by atomic mass is 10.1. The molecule has 0 saturated carbocycles. The standard InChI is InChI=1S/C26H22ClN3O2S3/c27-20-13-11-19(12-14-20)16-21-17-28-25(34-21)29-23(31)10-5-15-30-24(32)22(35-26(30)33)9-4-8-18-6-2-1-3-7-18/h1-4,6-9,11-14,17H,5,10,15-16H2,(H,28,29,31)/b8-4+,22-9-. The number of halogens is 1. The average molecular weight is 540 g/mol. The van der Waals surface area contributed by atoms with Crippen molar-refractivity contribution in [3.63, 3.8) is 0 Å². The number of amides is 2. The second kappa shape index (κ2) is 12.3. The smallest absolute Gasteiger partial charge is 0.266 e. The first-order valence-corrected chi connectivity index (χ1v) is 13.4. The van der Waals surface area contributed by atoms with Crippen molar-refractivity contribution in [3.05, 3.63) is 98.9 Å². The summed E-state index contributed by atoms with van der Waals surface area (Å²) >= 11 is 14.0. The third kappa shape index (κ3) is 7.35. The van der Waals surface area contributed by atoms with Gasteiger partial charge in [-0.05, 0) is 35.8 Å². The molecule has 3 aromatic rings. The van der Waals surface area contributed by atoms with Gasteiger partial charge in [-0.2, -0.15) is 0 Å². The number of carbonyl (C=O) groups excluding carboxylic acids is 2. The normalized spacial score (nSPS) is 14.9. The Morgan fingerprint density at radius 2 is 1.91 bits per heavy atom. The van der Waals surface area contributed by atoms with Gasteiger partial charge in [0.25, 0.3) is 5.91 Å². The molecule has 5 nitrogen and oxygen atoms in total. The first-order chi connectivity index (χ1) is 17.0. The third-order valence-corrected chi connectivity index (χ3v) is 7.65. The minimum absolute atomic E-state index is 0.120. The molecule has 4 rings (SSSR count). The molecule has 0 spiro atoms. The van der Waals surface area contributed by atoms with Crippen LogP contribution < -0.4 is 5.32 Å². The first kappa shape index (κ1) is 25.3. The van der Waals surface area contributed by atoms with Crippen LogP contribution in [-0.4, -0.2) is 32.6 Å². The lowest BCUT2D eigenvalue weighted by Crippen LogP contribution is -2.29. The number of nitrogens with zero attached hydrogens (tertiary/aromatic N) is 2. The number of thioether (sulfide) groups is 1. The number of hydrogen-bond acceptors (Lipinski definition) is 6. The maximum atomic E-state index is 12.7. The molecule has 1 N–H and O–H groups in total. The highest BCUT2D eigenvalue weighted by Gasteiger charge is 2.31. The van der Waals surface area contributed by atoms with Crippen LogP contribution in [0, 0.1) is 0 Å². The third-order valence-electron chi connectivity index (χ3n) is 5.09. The zero-order chi connectivity index (χ0) is 24.6. The fourth-order valence-electron chi connectivity index (χ4n) is 3.35. The van der Waals surface area contributed by atoms with E-state index in [1.54, 1.807) is 17.2 Å². The summed E-state index contributed by atoms with van der Waals surface area (Å²) in [5.41, 5.74) is 2.19. The predicted molar refractivity (Wildman–Crippen MR) is 150 cm³/mol. The molecule has 1 aliphatic heterocycles. The maximum Gasteiger partial charge on any atom is 0.266 e. The van der Waals surface area contributed by atoms with Crippen LogP contribution in [0.5, 0.6) is 0 Å². The summed E-state index contributed by atoms with van der Waals surface area (Å²) in [4.78, 5) is 32.6. The van der Waals surface area contributed by atoms with Gasteiger partial charge in [-0.3, -0.25) is 14.5 Å². The summed E-state index contributed by atoms with van der Waals surface area (Å²) in [7, 11) is 0. The summed E-state index contributed by atoms with van der Waals surface area (Å²) in [6.45, 7) is 0.400. The van der Waals surface area contributed by atoms with Gasteiger partial charge in [-0.1, -0.05) is 90.2 Å². The minimum atomic E-state index is -0.135. The monoisotopic (exact) mass is 539 g/mol. The van der Waals surface area contributed by atoms with Crippen molar-refractivity contribution in [3.8, 4) is 0 Å². The fraction of sp³-hybridized carbons (Fsp3) is 0.154. The van der Waals surface area contributed by atoms with E-state index < -0.39 is 0 Å². The number of allylic oxidation sites excluding steroid dienone is 2. The first-order valence-electron chi connectivity index (χ1n) is 10.9. The highest BCUT2D eigenvalue weighted by molar-refractivity contribution is 8.26. The molecule has 0 bridgehead atoms. The lowest BCUT2D eigenvalue weighted by molar-refractivity contribution is -0.122. The Morgan fingerprint density at radius 1 is 1.14 bits per heavy atom. The topological polar surface area (TPSA) is 62.3 Å². The van der Waals surface area contributed by atoms with Crippen LogP contribution in [0.15, 0.2) is 77.9 Å². The highest BCUT2D eigenvalue weighted by atomic mass is 35.5. The van der Waals surface area contributed by atoms with E-state index in [0.29, 0.717) is 32.3 Å². The Bertz CT molecular complexity index is 1270. The minimum Gasteiger partial charge on any atom is -0.302 e. The molecule has 2 amide bonds. The van der Waals surface area contributed by atoms with Gasteiger partial charge in [0.2, 0.25) is 5.91 Å². The molecule has 1 aliphatic rings. The number of benzene rings is 2. The SMILES string of the molecule is O=C(CCCN1C(=O)/C(=C/C=C/c2ccccc2)SC1=S)Nc1ncc(Cc2ccc(Cl)cc2)s1. The van der Waals surface area contributed by atoms with Crippen LogP contribution in [-0.2, 0) is 16.0 Å². The van der Waals surface area contributed by atoms with E-state index in [1.807, 2.05) is 66.7 Å². The summed E-state index contributed by atoms with van der Waals surface area (Å²) in [5.74, 6) is -0.256. The molecule has 2 heterocycles. The van der Waals surface area contributed by atoms with Crippen molar-refractivity contribution in [2.75, 3.05) is 11.9 Å². The summed E-state index contributed by atoms with van der Waals surface area (Å²) in [5, 5.41) is 4.11. The number of nitrogens with one attached hydrogen (secondary N) is 1. The van der Waals surface area contributed by atoms with Crippen LogP contribution in [0.4, 0.5) is 5.13 Å². The number of aromatic nitrogens is 1. The number of thiazole rings is 1. The van der Waals surface area contributed by atoms with Gasteiger partial charge in [0.15, 0.2) is 5.13 Å². The van der Waals surface area contributed by atoms with Gasteiger partial charge >= 0.3 is 0 Å². The van der Waals surface area contributed by atoms with E-state index in [4.69, 9.17) is 23.8 Å². The molecular weight excluding hydrogens is 518 g/mol. The molecule has 0 aliphatic carbocycles. The Kier molecular flexibility index (Phi) is 8.87. The molecule has 35 heavy (non-hydrogen) atoms. The van der Waals surface area contributed by atoms with Crippen molar-refractivity contribution >= 4 is 74.3 Å². The Hall–Kier alpha value is -2.78. The second-order valence-corrected chi connectivity index (χ2v) is 10.9. The van der Waals surface area contributed by atoms with Crippen molar-refractivity contribution in [2.24, 2.45) is 0 Å². The molecular formula is C26H22ClN3O2S3. The summed E-state index contributed by atoms with van der Waals surface area (Å²) in [6, 6.07) is 17.5. The van der Waals surface area contributed by atoms with Crippen LogP contribution in [0.2, 0.25) is 5.02 Å². The largest absolute Gasteiger partial charge is 0.302 e. The number of anilines is 1. The number of hydrogen-bond donors (Lipinski definition) is 1.